The Hall–Kier alpha value is -2.56. The summed E-state index contributed by atoms with van der Waals surface area (Å²) < 4.78 is 0. The van der Waals surface area contributed by atoms with Crippen LogP contribution < -0.4 is 5.32 Å². The number of amides is 1. The Balaban J connectivity index is 1.79. The molecule has 1 heterocycles. The first-order valence-electron chi connectivity index (χ1n) is 8.50. The summed E-state index contributed by atoms with van der Waals surface area (Å²) in [4.78, 5) is 42.9. The van der Waals surface area contributed by atoms with Crippen molar-refractivity contribution in [3.63, 3.8) is 0 Å². The van der Waals surface area contributed by atoms with E-state index in [1.54, 1.807) is 12.3 Å². The maximum Gasteiger partial charge on any atom is 0.239 e. The number of Topliss-reactive ketones (excluding diaryl/α,β-unsaturated/α-hetero) is 2. The Morgan fingerprint density at radius 3 is 2.44 bits per heavy atom. The molecule has 2 atom stereocenters. The molecule has 2 aliphatic rings. The minimum Gasteiger partial charge on any atom is -0.323 e. The van der Waals surface area contributed by atoms with Crippen molar-refractivity contribution in [3.05, 3.63) is 36.5 Å². The third-order valence-electron chi connectivity index (χ3n) is 6.81. The Morgan fingerprint density at radius 1 is 1.04 bits per heavy atom. The standard InChI is InChI=1S/C20H20N2O3/c1-18(2)19(3)9-10-20(18,16(24)15(19)23)17(25)22-13-8-4-6-12-7-5-11-21-14(12)13/h4-8,11H,9-10H2,1-3H3,(H,22,25)/t19-,20-/m1/s1. The topological polar surface area (TPSA) is 76.1 Å². The van der Waals surface area contributed by atoms with E-state index < -0.39 is 33.7 Å². The summed E-state index contributed by atoms with van der Waals surface area (Å²) in [6.45, 7) is 5.54. The van der Waals surface area contributed by atoms with Crippen molar-refractivity contribution in [1.82, 2.24) is 4.98 Å². The first kappa shape index (κ1) is 15.9. The number of hydrogen-bond acceptors (Lipinski definition) is 4. The molecule has 0 unspecified atom stereocenters. The van der Waals surface area contributed by atoms with Crippen LogP contribution in [0.5, 0.6) is 0 Å². The molecule has 5 nitrogen and oxygen atoms in total. The monoisotopic (exact) mass is 336 g/mol. The molecule has 2 fully saturated rings. The molecule has 1 aromatic heterocycles. The van der Waals surface area contributed by atoms with Gasteiger partial charge in [0.15, 0.2) is 0 Å². The van der Waals surface area contributed by atoms with Crippen LogP contribution >= 0.6 is 0 Å². The number of aromatic nitrogens is 1. The SMILES string of the molecule is CC1(C)[C@]2(C(=O)Nc3cccc4cccnc34)CC[C@]1(C)C(=O)C2=O. The highest BCUT2D eigenvalue weighted by atomic mass is 16.2. The second-order valence-corrected chi connectivity index (χ2v) is 7.86. The van der Waals surface area contributed by atoms with Crippen LogP contribution in [0.1, 0.15) is 33.6 Å². The lowest BCUT2D eigenvalue weighted by molar-refractivity contribution is -0.147. The van der Waals surface area contributed by atoms with Gasteiger partial charge in [-0.2, -0.15) is 0 Å². The zero-order valence-electron chi connectivity index (χ0n) is 14.6. The van der Waals surface area contributed by atoms with Crippen molar-refractivity contribution in [2.45, 2.75) is 33.6 Å². The highest BCUT2D eigenvalue weighted by molar-refractivity contribution is 6.49. The number of fused-ring (bicyclic) bond motifs is 3. The van der Waals surface area contributed by atoms with Crippen molar-refractivity contribution in [1.29, 1.82) is 0 Å². The number of ketones is 2. The molecule has 25 heavy (non-hydrogen) atoms. The maximum absolute atomic E-state index is 13.2. The number of para-hydroxylation sites is 1. The minimum absolute atomic E-state index is 0.393. The van der Waals surface area contributed by atoms with E-state index >= 15 is 0 Å². The smallest absolute Gasteiger partial charge is 0.239 e. The van der Waals surface area contributed by atoms with Crippen LogP contribution in [0.3, 0.4) is 0 Å². The normalized spacial score (nSPS) is 30.0. The molecule has 2 bridgehead atoms. The highest BCUT2D eigenvalue weighted by Crippen LogP contribution is 2.69. The van der Waals surface area contributed by atoms with E-state index in [1.807, 2.05) is 45.0 Å². The fourth-order valence-corrected chi connectivity index (χ4v) is 4.71. The fourth-order valence-electron chi connectivity index (χ4n) is 4.71. The lowest BCUT2D eigenvalue weighted by Gasteiger charge is -2.37. The summed E-state index contributed by atoms with van der Waals surface area (Å²) in [7, 11) is 0. The summed E-state index contributed by atoms with van der Waals surface area (Å²) in [5.41, 5.74) is -1.54. The number of carbonyl (C=O) groups excluding carboxylic acids is 3. The summed E-state index contributed by atoms with van der Waals surface area (Å²) in [6, 6.07) is 9.26. The number of hydrogen-bond donors (Lipinski definition) is 1. The Bertz CT molecular complexity index is 944. The number of nitrogens with zero attached hydrogens (tertiary/aromatic N) is 1. The molecule has 0 radical (unpaired) electrons. The van der Waals surface area contributed by atoms with Gasteiger partial charge in [0.2, 0.25) is 17.5 Å². The third-order valence-corrected chi connectivity index (χ3v) is 6.81. The van der Waals surface area contributed by atoms with Crippen molar-refractivity contribution in [2.24, 2.45) is 16.2 Å². The summed E-state index contributed by atoms with van der Waals surface area (Å²) in [6.07, 6.45) is 2.63. The van der Waals surface area contributed by atoms with Gasteiger partial charge in [-0.25, -0.2) is 0 Å². The highest BCUT2D eigenvalue weighted by Gasteiger charge is 2.77. The van der Waals surface area contributed by atoms with Gasteiger partial charge in [-0.15, -0.1) is 0 Å². The van der Waals surface area contributed by atoms with Crippen LogP contribution in [0.4, 0.5) is 5.69 Å². The zero-order chi connectivity index (χ0) is 18.0. The molecule has 4 rings (SSSR count). The fraction of sp³-hybridized carbons (Fsp3) is 0.400. The minimum atomic E-state index is -1.30. The van der Waals surface area contributed by atoms with Crippen LogP contribution in [0, 0.1) is 16.2 Å². The summed E-state index contributed by atoms with van der Waals surface area (Å²) in [5, 5.41) is 3.80. The van der Waals surface area contributed by atoms with Crippen molar-refractivity contribution < 1.29 is 14.4 Å². The van der Waals surface area contributed by atoms with Crippen molar-refractivity contribution in [2.75, 3.05) is 5.32 Å². The molecule has 2 aromatic rings. The van der Waals surface area contributed by atoms with Crippen LogP contribution in [0.2, 0.25) is 0 Å². The molecule has 0 aliphatic heterocycles. The van der Waals surface area contributed by atoms with Crippen LogP contribution in [-0.2, 0) is 14.4 Å². The Morgan fingerprint density at radius 2 is 1.76 bits per heavy atom. The number of nitrogens with one attached hydrogen (secondary N) is 1. The maximum atomic E-state index is 13.2. The predicted molar refractivity (Wildman–Crippen MR) is 93.9 cm³/mol. The van der Waals surface area contributed by atoms with E-state index in [9.17, 15) is 14.4 Å². The number of carbonyl (C=O) groups is 3. The summed E-state index contributed by atoms with van der Waals surface area (Å²) in [5.74, 6) is -1.35. The average molecular weight is 336 g/mol. The third kappa shape index (κ3) is 1.68. The van der Waals surface area contributed by atoms with E-state index in [0.717, 1.165) is 5.39 Å². The van der Waals surface area contributed by atoms with Gasteiger partial charge < -0.3 is 5.32 Å². The van der Waals surface area contributed by atoms with Gasteiger partial charge in [0, 0.05) is 17.0 Å². The average Bonchev–Trinajstić information content (AvgIpc) is 2.87. The molecule has 5 heteroatoms. The van der Waals surface area contributed by atoms with E-state index in [0.29, 0.717) is 24.0 Å². The molecule has 0 saturated heterocycles. The van der Waals surface area contributed by atoms with Gasteiger partial charge in [0.05, 0.1) is 11.2 Å². The molecular weight excluding hydrogens is 316 g/mol. The second kappa shape index (κ2) is 4.75. The Labute approximate surface area is 145 Å². The molecule has 1 amide bonds. The van der Waals surface area contributed by atoms with Gasteiger partial charge in [-0.3, -0.25) is 19.4 Å². The predicted octanol–water partition coefficient (Wildman–Crippen LogP) is 3.14. The number of pyridine rings is 1. The zero-order valence-corrected chi connectivity index (χ0v) is 14.6. The second-order valence-electron chi connectivity index (χ2n) is 7.86. The van der Waals surface area contributed by atoms with Gasteiger partial charge in [0.1, 0.15) is 5.41 Å². The van der Waals surface area contributed by atoms with Crippen molar-refractivity contribution >= 4 is 34.1 Å². The van der Waals surface area contributed by atoms with Gasteiger partial charge >= 0.3 is 0 Å². The number of anilines is 1. The van der Waals surface area contributed by atoms with E-state index in [4.69, 9.17) is 0 Å². The van der Waals surface area contributed by atoms with Gasteiger partial charge in [-0.05, 0) is 30.4 Å². The molecular formula is C20H20N2O3. The van der Waals surface area contributed by atoms with E-state index in [-0.39, 0.29) is 0 Å². The molecule has 1 aromatic carbocycles. The van der Waals surface area contributed by atoms with Crippen LogP contribution in [0.15, 0.2) is 36.5 Å². The number of rotatable bonds is 2. The van der Waals surface area contributed by atoms with Crippen LogP contribution in [-0.4, -0.2) is 22.5 Å². The van der Waals surface area contributed by atoms with E-state index in [1.165, 1.54) is 0 Å². The van der Waals surface area contributed by atoms with E-state index in [2.05, 4.69) is 10.3 Å². The largest absolute Gasteiger partial charge is 0.323 e. The molecule has 1 N–H and O–H groups in total. The van der Waals surface area contributed by atoms with Gasteiger partial charge in [0.25, 0.3) is 0 Å². The lowest BCUT2D eigenvalue weighted by Crippen LogP contribution is -2.47. The summed E-state index contributed by atoms with van der Waals surface area (Å²) >= 11 is 0. The first-order chi connectivity index (χ1) is 11.8. The molecule has 128 valence electrons. The quantitative estimate of drug-likeness (QED) is 0.675. The van der Waals surface area contributed by atoms with Gasteiger partial charge in [-0.1, -0.05) is 39.0 Å². The van der Waals surface area contributed by atoms with Crippen LogP contribution in [0.25, 0.3) is 10.9 Å². The molecule has 2 saturated carbocycles. The first-order valence-corrected chi connectivity index (χ1v) is 8.50. The lowest BCUT2D eigenvalue weighted by atomic mass is 9.64. The number of benzene rings is 1. The van der Waals surface area contributed by atoms with Crippen molar-refractivity contribution in [3.8, 4) is 0 Å². The molecule has 2 aliphatic carbocycles. The Kier molecular flexibility index (Phi) is 3.03. The molecule has 0 spiro atoms.